The van der Waals surface area contributed by atoms with Crippen molar-refractivity contribution in [2.75, 3.05) is 0 Å². The SMILES string of the molecule is N=C(N)c1cc2cc(F)c(F)cc2o1. The van der Waals surface area contributed by atoms with Crippen molar-refractivity contribution < 1.29 is 13.2 Å². The van der Waals surface area contributed by atoms with Crippen LogP contribution in [0, 0.1) is 17.0 Å². The molecule has 0 fully saturated rings. The van der Waals surface area contributed by atoms with Crippen molar-refractivity contribution in [3.8, 4) is 0 Å². The molecule has 2 aromatic rings. The smallest absolute Gasteiger partial charge is 0.169 e. The summed E-state index contributed by atoms with van der Waals surface area (Å²) >= 11 is 0. The molecule has 0 saturated carbocycles. The van der Waals surface area contributed by atoms with Crippen LogP contribution in [0.4, 0.5) is 8.78 Å². The lowest BCUT2D eigenvalue weighted by Gasteiger charge is -1.90. The average molecular weight is 196 g/mol. The summed E-state index contributed by atoms with van der Waals surface area (Å²) < 4.78 is 30.5. The van der Waals surface area contributed by atoms with E-state index in [9.17, 15) is 8.78 Å². The number of nitrogens with two attached hydrogens (primary N) is 1. The first-order chi connectivity index (χ1) is 6.58. The molecule has 1 heterocycles. The summed E-state index contributed by atoms with van der Waals surface area (Å²) in [7, 11) is 0. The Kier molecular flexibility index (Phi) is 1.73. The summed E-state index contributed by atoms with van der Waals surface area (Å²) in [6.07, 6.45) is 0. The third kappa shape index (κ3) is 1.22. The second-order valence-electron chi connectivity index (χ2n) is 2.83. The van der Waals surface area contributed by atoms with Gasteiger partial charge in [-0.05, 0) is 12.1 Å². The molecule has 2 rings (SSSR count). The molecule has 0 aliphatic carbocycles. The Morgan fingerprint density at radius 2 is 1.86 bits per heavy atom. The van der Waals surface area contributed by atoms with Gasteiger partial charge in [0.2, 0.25) is 0 Å². The average Bonchev–Trinajstić information content (AvgIpc) is 2.48. The largest absolute Gasteiger partial charge is 0.453 e. The number of nitrogens with one attached hydrogen (secondary N) is 1. The van der Waals surface area contributed by atoms with E-state index >= 15 is 0 Å². The number of hydrogen-bond donors (Lipinski definition) is 2. The number of amidine groups is 1. The molecule has 0 atom stereocenters. The van der Waals surface area contributed by atoms with Crippen LogP contribution in [0.1, 0.15) is 5.76 Å². The summed E-state index contributed by atoms with van der Waals surface area (Å²) in [5, 5.41) is 7.46. The van der Waals surface area contributed by atoms with Crippen LogP contribution >= 0.6 is 0 Å². The van der Waals surface area contributed by atoms with Gasteiger partial charge in [-0.1, -0.05) is 0 Å². The molecule has 72 valence electrons. The highest BCUT2D eigenvalue weighted by Gasteiger charge is 2.10. The number of furan rings is 1. The minimum Gasteiger partial charge on any atom is -0.453 e. The zero-order valence-corrected chi connectivity index (χ0v) is 6.97. The van der Waals surface area contributed by atoms with E-state index in [1.807, 2.05) is 0 Å². The number of hydrogen-bond acceptors (Lipinski definition) is 2. The maximum Gasteiger partial charge on any atom is 0.169 e. The topological polar surface area (TPSA) is 63.0 Å². The van der Waals surface area contributed by atoms with Gasteiger partial charge >= 0.3 is 0 Å². The maximum absolute atomic E-state index is 12.8. The molecule has 1 aromatic heterocycles. The highest BCUT2D eigenvalue weighted by atomic mass is 19.2. The normalized spacial score (nSPS) is 10.7. The first-order valence-corrected chi connectivity index (χ1v) is 3.81. The van der Waals surface area contributed by atoms with Crippen LogP contribution in [0.25, 0.3) is 11.0 Å². The molecular weight excluding hydrogens is 190 g/mol. The van der Waals surface area contributed by atoms with Gasteiger partial charge in [0, 0.05) is 11.5 Å². The van der Waals surface area contributed by atoms with E-state index < -0.39 is 11.6 Å². The summed E-state index contributed by atoms with van der Waals surface area (Å²) in [4.78, 5) is 0. The number of rotatable bonds is 1. The Hall–Kier alpha value is -1.91. The van der Waals surface area contributed by atoms with Crippen molar-refractivity contribution in [3.05, 3.63) is 35.6 Å². The van der Waals surface area contributed by atoms with Crippen LogP contribution in [0.5, 0.6) is 0 Å². The minimum atomic E-state index is -0.984. The van der Waals surface area contributed by atoms with Crippen LogP contribution in [0.15, 0.2) is 22.6 Å². The predicted octanol–water partition coefficient (Wildman–Crippen LogP) is 2.00. The van der Waals surface area contributed by atoms with Crippen LogP contribution in [-0.4, -0.2) is 5.84 Å². The fourth-order valence-electron chi connectivity index (χ4n) is 1.17. The van der Waals surface area contributed by atoms with Gasteiger partial charge in [0.25, 0.3) is 0 Å². The predicted molar refractivity (Wildman–Crippen MR) is 47.1 cm³/mol. The van der Waals surface area contributed by atoms with Crippen molar-refractivity contribution in [2.24, 2.45) is 5.73 Å². The molecule has 5 heteroatoms. The quantitative estimate of drug-likeness (QED) is 0.541. The van der Waals surface area contributed by atoms with E-state index in [1.54, 1.807) is 0 Å². The molecule has 0 aliphatic heterocycles. The highest BCUT2D eigenvalue weighted by molar-refractivity contribution is 5.96. The third-order valence-corrected chi connectivity index (χ3v) is 1.82. The van der Waals surface area contributed by atoms with E-state index in [4.69, 9.17) is 15.6 Å². The molecule has 0 bridgehead atoms. The summed E-state index contributed by atoms with van der Waals surface area (Å²) in [6.45, 7) is 0. The number of nitrogen functional groups attached to an aromatic ring is 1. The van der Waals surface area contributed by atoms with Crippen molar-refractivity contribution in [1.29, 1.82) is 5.41 Å². The molecule has 0 amide bonds. The lowest BCUT2D eigenvalue weighted by molar-refractivity contribution is 0.507. The van der Waals surface area contributed by atoms with Gasteiger partial charge in [-0.25, -0.2) is 8.78 Å². The van der Waals surface area contributed by atoms with Gasteiger partial charge in [0.1, 0.15) is 5.58 Å². The van der Waals surface area contributed by atoms with Crippen LogP contribution in [-0.2, 0) is 0 Å². The van der Waals surface area contributed by atoms with Crippen LogP contribution in [0.3, 0.4) is 0 Å². The fraction of sp³-hybridized carbons (Fsp3) is 0. The fourth-order valence-corrected chi connectivity index (χ4v) is 1.17. The Bertz CT molecular complexity index is 480. The van der Waals surface area contributed by atoms with E-state index in [-0.39, 0.29) is 17.2 Å². The zero-order chi connectivity index (χ0) is 10.3. The van der Waals surface area contributed by atoms with E-state index in [2.05, 4.69) is 0 Å². The molecular formula is C9H6F2N2O. The molecule has 14 heavy (non-hydrogen) atoms. The summed E-state index contributed by atoms with van der Waals surface area (Å²) in [5.74, 6) is -2.11. The molecule has 1 aromatic carbocycles. The van der Waals surface area contributed by atoms with Gasteiger partial charge in [-0.3, -0.25) is 5.41 Å². The van der Waals surface area contributed by atoms with Crippen LogP contribution < -0.4 is 5.73 Å². The summed E-state index contributed by atoms with van der Waals surface area (Å²) in [6, 6.07) is 3.32. The third-order valence-electron chi connectivity index (χ3n) is 1.82. The van der Waals surface area contributed by atoms with Crippen molar-refractivity contribution in [3.63, 3.8) is 0 Å². The van der Waals surface area contributed by atoms with Crippen molar-refractivity contribution >= 4 is 16.8 Å². The molecule has 0 radical (unpaired) electrons. The van der Waals surface area contributed by atoms with Crippen molar-refractivity contribution in [1.82, 2.24) is 0 Å². The number of benzene rings is 1. The number of fused-ring (bicyclic) bond motifs is 1. The molecule has 0 unspecified atom stereocenters. The van der Waals surface area contributed by atoms with E-state index in [1.165, 1.54) is 6.07 Å². The van der Waals surface area contributed by atoms with E-state index in [0.717, 1.165) is 12.1 Å². The second kappa shape index (κ2) is 2.80. The van der Waals surface area contributed by atoms with Crippen LogP contribution in [0.2, 0.25) is 0 Å². The van der Waals surface area contributed by atoms with E-state index in [0.29, 0.717) is 5.39 Å². The van der Waals surface area contributed by atoms with Gasteiger partial charge < -0.3 is 10.2 Å². The summed E-state index contributed by atoms with van der Waals surface area (Å²) in [5.41, 5.74) is 5.33. The molecule has 3 N–H and O–H groups in total. The Labute approximate surface area is 77.6 Å². The molecule has 3 nitrogen and oxygen atoms in total. The zero-order valence-electron chi connectivity index (χ0n) is 6.97. The minimum absolute atomic E-state index is 0.102. The second-order valence-corrected chi connectivity index (χ2v) is 2.83. The standard InChI is InChI=1S/C9H6F2N2O/c10-5-1-4-2-8(9(12)13)14-7(4)3-6(5)11/h1-3H,(H3,12,13). The first-order valence-electron chi connectivity index (χ1n) is 3.81. The molecule has 0 aliphatic rings. The lowest BCUT2D eigenvalue weighted by Crippen LogP contribution is -2.09. The van der Waals surface area contributed by atoms with Gasteiger partial charge in [0.05, 0.1) is 0 Å². The Balaban J connectivity index is 2.72. The Morgan fingerprint density at radius 1 is 1.21 bits per heavy atom. The molecule has 0 saturated heterocycles. The maximum atomic E-state index is 12.8. The van der Waals surface area contributed by atoms with Gasteiger partial charge in [0.15, 0.2) is 23.2 Å². The van der Waals surface area contributed by atoms with Gasteiger partial charge in [-0.2, -0.15) is 0 Å². The Morgan fingerprint density at radius 3 is 2.50 bits per heavy atom. The lowest BCUT2D eigenvalue weighted by atomic mass is 10.2. The highest BCUT2D eigenvalue weighted by Crippen LogP contribution is 2.21. The first kappa shape index (κ1) is 8.68. The molecule has 0 spiro atoms. The van der Waals surface area contributed by atoms with Gasteiger partial charge in [-0.15, -0.1) is 0 Å². The number of halogens is 2. The van der Waals surface area contributed by atoms with Crippen molar-refractivity contribution in [2.45, 2.75) is 0 Å². The monoisotopic (exact) mass is 196 g/mol.